The van der Waals surface area contributed by atoms with Crippen LogP contribution < -0.4 is 9.47 Å². The van der Waals surface area contributed by atoms with Crippen molar-refractivity contribution in [3.05, 3.63) is 84.4 Å². The van der Waals surface area contributed by atoms with Crippen LogP contribution in [-0.4, -0.2) is 35.3 Å². The number of nitrogens with zero attached hydrogens (tertiary/aromatic N) is 2. The molecule has 0 saturated heterocycles. The molecule has 0 bridgehead atoms. The zero-order chi connectivity index (χ0) is 21.4. The third kappa shape index (κ3) is 3.60. The first kappa shape index (κ1) is 19.1. The van der Waals surface area contributed by atoms with Crippen LogP contribution in [0.15, 0.2) is 73.1 Å². The standard InChI is InChI=1S/C24H17FN2O4/c1-29-24-23(30-17-3-2-10-26-13-17)22(28)18-12-15(5-9-21(18)31-24)19-7-4-14-11-16(25)6-8-20(14)27-19/h2-13,23-24H,1H3. The van der Waals surface area contributed by atoms with Crippen molar-refractivity contribution in [1.82, 2.24) is 9.97 Å². The van der Waals surface area contributed by atoms with Gasteiger partial charge in [-0.05, 0) is 54.6 Å². The van der Waals surface area contributed by atoms with Gasteiger partial charge in [-0.15, -0.1) is 0 Å². The number of ether oxygens (including phenoxy) is 3. The minimum Gasteiger partial charge on any atom is -0.474 e. The van der Waals surface area contributed by atoms with Gasteiger partial charge in [0.1, 0.15) is 17.3 Å². The van der Waals surface area contributed by atoms with E-state index >= 15 is 0 Å². The molecule has 154 valence electrons. The fraction of sp³-hybridized carbons (Fsp3) is 0.125. The van der Waals surface area contributed by atoms with Crippen molar-refractivity contribution in [2.45, 2.75) is 12.4 Å². The van der Waals surface area contributed by atoms with Gasteiger partial charge in [-0.1, -0.05) is 6.07 Å². The Labute approximate surface area is 177 Å². The Morgan fingerprint density at radius 3 is 2.77 bits per heavy atom. The minimum absolute atomic E-state index is 0.262. The van der Waals surface area contributed by atoms with Crippen molar-refractivity contribution in [2.75, 3.05) is 7.11 Å². The normalized spacial score (nSPS) is 17.8. The summed E-state index contributed by atoms with van der Waals surface area (Å²) >= 11 is 0. The van der Waals surface area contributed by atoms with E-state index in [2.05, 4.69) is 9.97 Å². The lowest BCUT2D eigenvalue weighted by molar-refractivity contribution is -0.110. The van der Waals surface area contributed by atoms with E-state index in [9.17, 15) is 9.18 Å². The van der Waals surface area contributed by atoms with Crippen molar-refractivity contribution in [3.8, 4) is 22.8 Å². The molecule has 3 heterocycles. The zero-order valence-electron chi connectivity index (χ0n) is 16.5. The Kier molecular flexibility index (Phi) is 4.80. The Hall–Kier alpha value is -3.84. The third-order valence-electron chi connectivity index (χ3n) is 5.07. The SMILES string of the molecule is COC1Oc2ccc(-c3ccc4cc(F)ccc4n3)cc2C(=O)C1Oc1cccnc1. The molecule has 0 amide bonds. The number of fused-ring (bicyclic) bond motifs is 2. The van der Waals surface area contributed by atoms with Gasteiger partial charge in [0.05, 0.1) is 23.0 Å². The second-order valence-electron chi connectivity index (χ2n) is 7.06. The van der Waals surface area contributed by atoms with Gasteiger partial charge in [0.15, 0.2) is 0 Å². The Morgan fingerprint density at radius 2 is 1.97 bits per heavy atom. The number of rotatable bonds is 4. The van der Waals surface area contributed by atoms with Gasteiger partial charge in [-0.2, -0.15) is 0 Å². The number of carbonyl (C=O) groups is 1. The lowest BCUT2D eigenvalue weighted by Gasteiger charge is -2.31. The molecule has 0 N–H and O–H groups in total. The van der Waals surface area contributed by atoms with Gasteiger partial charge in [0, 0.05) is 24.3 Å². The summed E-state index contributed by atoms with van der Waals surface area (Å²) < 4.78 is 30.5. The van der Waals surface area contributed by atoms with Crippen LogP contribution in [0.5, 0.6) is 11.5 Å². The van der Waals surface area contributed by atoms with Crippen LogP contribution in [0, 0.1) is 5.82 Å². The van der Waals surface area contributed by atoms with E-state index in [0.717, 1.165) is 5.56 Å². The minimum atomic E-state index is -0.982. The number of pyridine rings is 2. The van der Waals surface area contributed by atoms with Gasteiger partial charge in [-0.25, -0.2) is 9.37 Å². The Balaban J connectivity index is 1.51. The first-order valence-electron chi connectivity index (χ1n) is 9.63. The molecule has 2 atom stereocenters. The summed E-state index contributed by atoms with van der Waals surface area (Å²) in [6.45, 7) is 0. The number of aromatic nitrogens is 2. The first-order valence-corrected chi connectivity index (χ1v) is 9.63. The summed E-state index contributed by atoms with van der Waals surface area (Å²) in [4.78, 5) is 21.9. The highest BCUT2D eigenvalue weighted by atomic mass is 19.1. The second kappa shape index (κ2) is 7.77. The van der Waals surface area contributed by atoms with E-state index < -0.39 is 12.4 Å². The third-order valence-corrected chi connectivity index (χ3v) is 5.07. The highest BCUT2D eigenvalue weighted by Crippen LogP contribution is 2.34. The average molecular weight is 416 g/mol. The summed E-state index contributed by atoms with van der Waals surface area (Å²) in [5, 5.41) is 0.703. The summed E-state index contributed by atoms with van der Waals surface area (Å²) in [5.74, 6) is 0.275. The van der Waals surface area contributed by atoms with Crippen LogP contribution in [-0.2, 0) is 4.74 Å². The maximum absolute atomic E-state index is 13.4. The molecule has 0 radical (unpaired) electrons. The number of ketones is 1. The van der Waals surface area contributed by atoms with Crippen LogP contribution in [0.3, 0.4) is 0 Å². The number of Topliss-reactive ketones (excluding diaryl/α,β-unsaturated/α-hetero) is 1. The molecule has 0 fully saturated rings. The van der Waals surface area contributed by atoms with Crippen molar-refractivity contribution < 1.29 is 23.4 Å². The second-order valence-corrected chi connectivity index (χ2v) is 7.06. The van der Waals surface area contributed by atoms with Crippen molar-refractivity contribution in [2.24, 2.45) is 0 Å². The molecule has 6 nitrogen and oxygen atoms in total. The topological polar surface area (TPSA) is 70.5 Å². The van der Waals surface area contributed by atoms with Crippen molar-refractivity contribution in [1.29, 1.82) is 0 Å². The first-order chi connectivity index (χ1) is 15.1. The smallest absolute Gasteiger partial charge is 0.244 e. The summed E-state index contributed by atoms with van der Waals surface area (Å²) in [6, 6.07) is 16.7. The summed E-state index contributed by atoms with van der Waals surface area (Å²) in [7, 11) is 1.46. The molecule has 0 saturated carbocycles. The highest BCUT2D eigenvalue weighted by molar-refractivity contribution is 6.04. The van der Waals surface area contributed by atoms with Gasteiger partial charge in [-0.3, -0.25) is 9.78 Å². The molecule has 1 aliphatic rings. The number of halogens is 1. The highest BCUT2D eigenvalue weighted by Gasteiger charge is 2.39. The quantitative estimate of drug-likeness (QED) is 0.490. The zero-order valence-corrected chi connectivity index (χ0v) is 16.5. The van der Waals surface area contributed by atoms with E-state index in [0.29, 0.717) is 33.7 Å². The molecule has 2 aromatic carbocycles. The van der Waals surface area contributed by atoms with Gasteiger partial charge < -0.3 is 14.2 Å². The van der Waals surface area contributed by atoms with Crippen LogP contribution in [0.25, 0.3) is 22.2 Å². The Bertz CT molecular complexity index is 1280. The van der Waals surface area contributed by atoms with Crippen molar-refractivity contribution >= 4 is 16.7 Å². The molecule has 0 aliphatic carbocycles. The van der Waals surface area contributed by atoms with E-state index in [-0.39, 0.29) is 11.6 Å². The molecule has 2 aromatic heterocycles. The van der Waals surface area contributed by atoms with Crippen LogP contribution >= 0.6 is 0 Å². The lowest BCUT2D eigenvalue weighted by atomic mass is 9.97. The van der Waals surface area contributed by atoms with E-state index in [1.165, 1.54) is 25.4 Å². The number of methoxy groups -OCH3 is 1. The molecule has 4 aromatic rings. The maximum atomic E-state index is 13.4. The lowest BCUT2D eigenvalue weighted by Crippen LogP contribution is -2.47. The molecule has 5 rings (SSSR count). The van der Waals surface area contributed by atoms with E-state index in [1.807, 2.05) is 6.07 Å². The van der Waals surface area contributed by atoms with Crippen LogP contribution in [0.2, 0.25) is 0 Å². The molecular formula is C24H17FN2O4. The number of benzene rings is 2. The van der Waals surface area contributed by atoms with Gasteiger partial charge in [0.2, 0.25) is 18.2 Å². The maximum Gasteiger partial charge on any atom is 0.244 e. The van der Waals surface area contributed by atoms with Crippen LogP contribution in [0.1, 0.15) is 10.4 Å². The summed E-state index contributed by atoms with van der Waals surface area (Å²) in [5.41, 5.74) is 2.43. The van der Waals surface area contributed by atoms with E-state index in [4.69, 9.17) is 14.2 Å². The predicted octanol–water partition coefficient (Wildman–Crippen LogP) is 4.43. The molecular weight excluding hydrogens is 399 g/mol. The number of carbonyl (C=O) groups excluding carboxylic acids is 1. The molecule has 0 spiro atoms. The predicted molar refractivity (Wildman–Crippen MR) is 112 cm³/mol. The summed E-state index contributed by atoms with van der Waals surface area (Å²) in [6.07, 6.45) is 1.27. The molecule has 31 heavy (non-hydrogen) atoms. The molecule has 2 unspecified atom stereocenters. The molecule has 1 aliphatic heterocycles. The number of hydrogen-bond donors (Lipinski definition) is 0. The fourth-order valence-electron chi connectivity index (χ4n) is 3.55. The largest absolute Gasteiger partial charge is 0.474 e. The van der Waals surface area contributed by atoms with E-state index in [1.54, 1.807) is 48.7 Å². The van der Waals surface area contributed by atoms with Gasteiger partial charge >= 0.3 is 0 Å². The monoisotopic (exact) mass is 416 g/mol. The number of hydrogen-bond acceptors (Lipinski definition) is 6. The average Bonchev–Trinajstić information content (AvgIpc) is 2.81. The molecule has 7 heteroatoms. The van der Waals surface area contributed by atoms with Gasteiger partial charge in [0.25, 0.3) is 0 Å². The van der Waals surface area contributed by atoms with Crippen LogP contribution in [0.4, 0.5) is 4.39 Å². The Morgan fingerprint density at radius 1 is 1.06 bits per heavy atom. The van der Waals surface area contributed by atoms with Crippen molar-refractivity contribution in [3.63, 3.8) is 0 Å². The fourth-order valence-corrected chi connectivity index (χ4v) is 3.55.